The summed E-state index contributed by atoms with van der Waals surface area (Å²) in [6, 6.07) is 11.8. The second-order valence-corrected chi connectivity index (χ2v) is 13.9. The second-order valence-electron chi connectivity index (χ2n) is 11.7. The summed E-state index contributed by atoms with van der Waals surface area (Å²) >= 11 is 0. The average Bonchev–Trinajstić information content (AvgIpc) is 3.88. The van der Waals surface area contributed by atoms with Crippen molar-refractivity contribution in [3.05, 3.63) is 47.5 Å². The molecule has 2 saturated heterocycles. The number of benzene rings is 2. The minimum absolute atomic E-state index is 0.0431. The van der Waals surface area contributed by atoms with Crippen molar-refractivity contribution >= 4 is 21.7 Å². The van der Waals surface area contributed by atoms with Crippen molar-refractivity contribution in [1.29, 1.82) is 0 Å². The minimum Gasteiger partial charge on any atom is -0.496 e. The zero-order valence-electron chi connectivity index (χ0n) is 25.8. The lowest BCUT2D eigenvalue weighted by Gasteiger charge is -2.36. The number of methoxy groups -OCH3 is 2. The van der Waals surface area contributed by atoms with Gasteiger partial charge in [0.1, 0.15) is 5.75 Å². The fraction of sp³-hybridized carbons (Fsp3) is 0.594. The summed E-state index contributed by atoms with van der Waals surface area (Å²) in [5.41, 5.74) is 2.86. The van der Waals surface area contributed by atoms with Gasteiger partial charge in [-0.25, -0.2) is 13.2 Å². The molecule has 43 heavy (non-hydrogen) atoms. The summed E-state index contributed by atoms with van der Waals surface area (Å²) in [6.07, 6.45) is 5.65. The number of urea groups is 1. The Bertz CT molecular complexity index is 1360. The Labute approximate surface area is 256 Å². The van der Waals surface area contributed by atoms with Gasteiger partial charge in [-0.2, -0.15) is 4.31 Å². The van der Waals surface area contributed by atoms with Crippen LogP contribution in [0.25, 0.3) is 0 Å². The third-order valence-electron chi connectivity index (χ3n) is 8.53. The number of ether oxygens (including phenoxy) is 3. The predicted molar refractivity (Wildman–Crippen MR) is 168 cm³/mol. The van der Waals surface area contributed by atoms with Crippen molar-refractivity contribution in [3.8, 4) is 17.2 Å². The fourth-order valence-corrected chi connectivity index (χ4v) is 7.67. The van der Waals surface area contributed by atoms with Crippen LogP contribution in [0.15, 0.2) is 36.4 Å². The van der Waals surface area contributed by atoms with Gasteiger partial charge in [0.25, 0.3) is 0 Å². The topological polar surface area (TPSA) is 91.9 Å². The molecule has 0 unspecified atom stereocenters. The average molecular weight is 615 g/mol. The Morgan fingerprint density at radius 3 is 2.30 bits per heavy atom. The highest BCUT2D eigenvalue weighted by Gasteiger charge is 2.41. The molecule has 0 radical (unpaired) electrons. The molecular formula is C32H46N4O6S. The second kappa shape index (κ2) is 14.2. The highest BCUT2D eigenvalue weighted by molar-refractivity contribution is 7.90. The maximum absolute atomic E-state index is 13.7. The molecule has 0 aromatic heterocycles. The fourth-order valence-electron chi connectivity index (χ4n) is 5.85. The molecule has 236 valence electrons. The quantitative estimate of drug-likeness (QED) is 0.285. The molecule has 10 nitrogen and oxygen atoms in total. The number of hydrogen-bond acceptors (Lipinski definition) is 7. The molecule has 3 aliphatic rings. The zero-order chi connectivity index (χ0) is 30.4. The van der Waals surface area contributed by atoms with E-state index in [-0.39, 0.29) is 11.3 Å². The Morgan fingerprint density at radius 2 is 1.60 bits per heavy atom. The first kappa shape index (κ1) is 31.4. The van der Waals surface area contributed by atoms with Gasteiger partial charge >= 0.3 is 6.03 Å². The van der Waals surface area contributed by atoms with Crippen LogP contribution >= 0.6 is 0 Å². The number of hydrogen-bond donors (Lipinski definition) is 0. The zero-order valence-corrected chi connectivity index (χ0v) is 26.6. The van der Waals surface area contributed by atoms with Crippen LogP contribution in [0, 0.1) is 0 Å². The first-order valence-electron chi connectivity index (χ1n) is 15.6. The van der Waals surface area contributed by atoms with E-state index < -0.39 is 10.0 Å². The Hall–Kier alpha value is -3.02. The van der Waals surface area contributed by atoms with Crippen molar-refractivity contribution in [2.45, 2.75) is 63.8 Å². The van der Waals surface area contributed by atoms with Crippen LogP contribution in [0.5, 0.6) is 17.2 Å². The van der Waals surface area contributed by atoms with Gasteiger partial charge < -0.3 is 19.1 Å². The molecular weight excluding hydrogens is 568 g/mol. The molecule has 5 rings (SSSR count). The predicted octanol–water partition coefficient (Wildman–Crippen LogP) is 4.71. The molecule has 2 amide bonds. The molecule has 0 spiro atoms. The molecule has 2 heterocycles. The summed E-state index contributed by atoms with van der Waals surface area (Å²) in [6.45, 7) is 7.78. The first-order chi connectivity index (χ1) is 20.8. The van der Waals surface area contributed by atoms with E-state index in [1.807, 2.05) is 40.1 Å². The monoisotopic (exact) mass is 614 g/mol. The summed E-state index contributed by atoms with van der Waals surface area (Å²) in [7, 11) is 0.174. The SMILES string of the molecule is CCCCCOc1cc(N2CCCN(Cc3ccc(CN4CCN(S(=O)(=O)C5CC5)CC4)cc3OC)C2=O)ccc1OC. The van der Waals surface area contributed by atoms with E-state index in [0.29, 0.717) is 63.9 Å². The van der Waals surface area contributed by atoms with E-state index in [0.717, 1.165) is 67.6 Å². The van der Waals surface area contributed by atoms with Gasteiger partial charge in [0.2, 0.25) is 10.0 Å². The van der Waals surface area contributed by atoms with Crippen LogP contribution in [0.2, 0.25) is 0 Å². The smallest absolute Gasteiger partial charge is 0.324 e. The third kappa shape index (κ3) is 7.56. The Morgan fingerprint density at radius 1 is 0.837 bits per heavy atom. The maximum Gasteiger partial charge on any atom is 0.324 e. The number of sulfonamides is 1. The number of rotatable bonds is 14. The normalized spacial score (nSPS) is 18.6. The number of amides is 2. The van der Waals surface area contributed by atoms with E-state index in [2.05, 4.69) is 17.9 Å². The van der Waals surface area contributed by atoms with Crippen molar-refractivity contribution < 1.29 is 27.4 Å². The van der Waals surface area contributed by atoms with Crippen molar-refractivity contribution in [1.82, 2.24) is 14.1 Å². The van der Waals surface area contributed by atoms with Crippen molar-refractivity contribution in [2.24, 2.45) is 0 Å². The van der Waals surface area contributed by atoms with Gasteiger partial charge in [0.05, 0.1) is 32.6 Å². The van der Waals surface area contributed by atoms with Crippen molar-refractivity contribution in [2.75, 3.05) is 65.0 Å². The molecule has 2 aliphatic heterocycles. The van der Waals surface area contributed by atoms with E-state index in [4.69, 9.17) is 14.2 Å². The van der Waals surface area contributed by atoms with Crippen LogP contribution in [0.3, 0.4) is 0 Å². The van der Waals surface area contributed by atoms with Gasteiger partial charge in [-0.05, 0) is 49.4 Å². The van der Waals surface area contributed by atoms with E-state index >= 15 is 0 Å². The standard InChI is InChI=1S/C32H46N4O6S/c1-4-5-6-20-42-31-22-27(10-13-29(31)40-2)36-15-7-14-34(32(36)37)24-26-9-8-25(21-30(26)41-3)23-33-16-18-35(19-17-33)43(38,39)28-11-12-28/h8-10,13,21-22,28H,4-7,11-12,14-20,23-24H2,1-3H3. The van der Waals surface area contributed by atoms with E-state index in [1.165, 1.54) is 0 Å². The maximum atomic E-state index is 13.7. The number of nitrogens with zero attached hydrogens (tertiary/aromatic N) is 4. The molecule has 1 aliphatic carbocycles. The molecule has 0 bridgehead atoms. The number of unbranched alkanes of at least 4 members (excludes halogenated alkanes) is 2. The van der Waals surface area contributed by atoms with Crippen molar-refractivity contribution in [3.63, 3.8) is 0 Å². The molecule has 11 heteroatoms. The van der Waals surface area contributed by atoms with Gasteiger partial charge in [-0.3, -0.25) is 9.80 Å². The molecule has 3 fully saturated rings. The lowest BCUT2D eigenvalue weighted by atomic mass is 10.1. The van der Waals surface area contributed by atoms with Crippen LogP contribution < -0.4 is 19.1 Å². The largest absolute Gasteiger partial charge is 0.496 e. The molecule has 0 N–H and O–H groups in total. The molecule has 1 saturated carbocycles. The van der Waals surface area contributed by atoms with Crippen LogP contribution in [0.1, 0.15) is 56.6 Å². The van der Waals surface area contributed by atoms with E-state index in [9.17, 15) is 13.2 Å². The lowest BCUT2D eigenvalue weighted by Crippen LogP contribution is -2.49. The van der Waals surface area contributed by atoms with E-state index in [1.54, 1.807) is 18.5 Å². The molecule has 2 aromatic rings. The highest BCUT2D eigenvalue weighted by Crippen LogP contribution is 2.34. The molecule has 0 atom stereocenters. The summed E-state index contributed by atoms with van der Waals surface area (Å²) < 4.78 is 44.1. The number of carbonyl (C=O) groups is 1. The van der Waals surface area contributed by atoms with Gasteiger partial charge in [0.15, 0.2) is 11.5 Å². The van der Waals surface area contributed by atoms with Crippen LogP contribution in [-0.2, 0) is 23.1 Å². The Kier molecular flexibility index (Phi) is 10.4. The van der Waals surface area contributed by atoms with Crippen LogP contribution in [0.4, 0.5) is 10.5 Å². The summed E-state index contributed by atoms with van der Waals surface area (Å²) in [4.78, 5) is 19.6. The van der Waals surface area contributed by atoms with Crippen LogP contribution in [-0.4, -0.2) is 93.9 Å². The van der Waals surface area contributed by atoms with Gasteiger partial charge in [-0.15, -0.1) is 0 Å². The number of anilines is 1. The third-order valence-corrected chi connectivity index (χ3v) is 10.9. The number of carbonyl (C=O) groups excluding carboxylic acids is 1. The number of piperazine rings is 1. The molecule has 2 aromatic carbocycles. The Balaban J connectivity index is 1.20. The summed E-state index contributed by atoms with van der Waals surface area (Å²) in [5, 5.41) is -0.155. The lowest BCUT2D eigenvalue weighted by molar-refractivity contribution is 0.181. The van der Waals surface area contributed by atoms with Gasteiger partial charge in [0, 0.05) is 63.1 Å². The minimum atomic E-state index is -3.11. The highest BCUT2D eigenvalue weighted by atomic mass is 32.2. The summed E-state index contributed by atoms with van der Waals surface area (Å²) in [5.74, 6) is 2.07. The van der Waals surface area contributed by atoms with Gasteiger partial charge in [-0.1, -0.05) is 31.9 Å². The first-order valence-corrected chi connectivity index (χ1v) is 17.1.